The van der Waals surface area contributed by atoms with Gasteiger partial charge in [-0.05, 0) is 19.1 Å². The molecule has 0 bridgehead atoms. The number of benzene rings is 1. The Labute approximate surface area is 168 Å². The van der Waals surface area contributed by atoms with Crippen molar-refractivity contribution in [2.75, 3.05) is 6.61 Å². The van der Waals surface area contributed by atoms with Crippen LogP contribution in [0.25, 0.3) is 5.69 Å². The van der Waals surface area contributed by atoms with Crippen LogP contribution < -0.4 is 10.1 Å². The van der Waals surface area contributed by atoms with Gasteiger partial charge in [0.05, 0.1) is 34.8 Å². The summed E-state index contributed by atoms with van der Waals surface area (Å²) >= 11 is 6.06. The number of rotatable bonds is 6. The Bertz CT molecular complexity index is 1010. The van der Waals surface area contributed by atoms with Gasteiger partial charge in [-0.25, -0.2) is 0 Å². The molecule has 0 aliphatic carbocycles. The lowest BCUT2D eigenvalue weighted by atomic mass is 10.3. The van der Waals surface area contributed by atoms with E-state index >= 15 is 0 Å². The van der Waals surface area contributed by atoms with Gasteiger partial charge in [0.1, 0.15) is 0 Å². The molecule has 0 atom stereocenters. The maximum atomic E-state index is 13.1. The molecule has 2 aromatic heterocycles. The molecule has 0 spiro atoms. The zero-order valence-corrected chi connectivity index (χ0v) is 15.8. The van der Waals surface area contributed by atoms with Crippen molar-refractivity contribution < 1.29 is 22.7 Å². The fourth-order valence-electron chi connectivity index (χ4n) is 2.29. The second kappa shape index (κ2) is 8.48. The Morgan fingerprint density at radius 1 is 1.24 bits per heavy atom. The SMILES string of the molecule is Cc1cnc(CNC(=O)COc2cc(C(F)(F)F)nn2-c2ccccc2Cl)cn1. The normalized spacial score (nSPS) is 11.3. The molecule has 0 unspecified atom stereocenters. The predicted octanol–water partition coefficient (Wildman–Crippen LogP) is 3.34. The molecule has 1 N–H and O–H groups in total. The highest BCUT2D eigenvalue weighted by molar-refractivity contribution is 6.32. The zero-order valence-electron chi connectivity index (χ0n) is 15.1. The average Bonchev–Trinajstić information content (AvgIpc) is 3.11. The van der Waals surface area contributed by atoms with E-state index in [9.17, 15) is 18.0 Å². The number of nitrogens with zero attached hydrogens (tertiary/aromatic N) is 4. The van der Waals surface area contributed by atoms with Crippen LogP contribution in [-0.4, -0.2) is 32.3 Å². The largest absolute Gasteiger partial charge is 0.467 e. The summed E-state index contributed by atoms with van der Waals surface area (Å²) in [6, 6.07) is 6.92. The third-order valence-electron chi connectivity index (χ3n) is 3.70. The van der Waals surface area contributed by atoms with Gasteiger partial charge in [-0.3, -0.25) is 14.8 Å². The number of halogens is 4. The van der Waals surface area contributed by atoms with Gasteiger partial charge in [0, 0.05) is 12.3 Å². The van der Waals surface area contributed by atoms with Crippen molar-refractivity contribution in [2.45, 2.75) is 19.6 Å². The second-order valence-corrected chi connectivity index (χ2v) is 6.35. The summed E-state index contributed by atoms with van der Waals surface area (Å²) in [7, 11) is 0. The molecule has 29 heavy (non-hydrogen) atoms. The lowest BCUT2D eigenvalue weighted by molar-refractivity contribution is -0.141. The molecule has 0 saturated carbocycles. The lowest BCUT2D eigenvalue weighted by Crippen LogP contribution is -2.29. The van der Waals surface area contributed by atoms with Gasteiger partial charge in [0.25, 0.3) is 5.91 Å². The number of carbonyl (C=O) groups excluding carboxylic acids is 1. The monoisotopic (exact) mass is 425 g/mol. The molecule has 0 fully saturated rings. The summed E-state index contributed by atoms with van der Waals surface area (Å²) in [5, 5.41) is 6.25. The van der Waals surface area contributed by atoms with Crippen LogP contribution in [0.2, 0.25) is 5.02 Å². The van der Waals surface area contributed by atoms with Crippen LogP contribution in [0.1, 0.15) is 17.1 Å². The van der Waals surface area contributed by atoms with Crippen LogP contribution in [0, 0.1) is 6.92 Å². The molecular weight excluding hydrogens is 411 g/mol. The average molecular weight is 426 g/mol. The Kier molecular flexibility index (Phi) is 6.02. The molecule has 2 heterocycles. The van der Waals surface area contributed by atoms with E-state index in [0.717, 1.165) is 10.4 Å². The number of aryl methyl sites for hydroxylation is 1. The standard InChI is InChI=1S/C18H15ClF3N5O2/c1-11-7-24-12(8-23-11)9-25-16(28)10-29-17-6-15(18(20,21)22)26-27(17)14-5-3-2-4-13(14)19/h2-8H,9-10H2,1H3,(H,25,28). The van der Waals surface area contributed by atoms with Gasteiger partial charge in [0.2, 0.25) is 5.88 Å². The molecular formula is C18H15ClF3N5O2. The van der Waals surface area contributed by atoms with E-state index in [1.54, 1.807) is 25.3 Å². The summed E-state index contributed by atoms with van der Waals surface area (Å²) in [4.78, 5) is 20.2. The Balaban J connectivity index is 1.72. The van der Waals surface area contributed by atoms with Crippen molar-refractivity contribution in [3.8, 4) is 11.6 Å². The summed E-state index contributed by atoms with van der Waals surface area (Å²) in [6.07, 6.45) is -1.62. The van der Waals surface area contributed by atoms with Crippen molar-refractivity contribution in [1.82, 2.24) is 25.1 Å². The van der Waals surface area contributed by atoms with Gasteiger partial charge in [-0.1, -0.05) is 23.7 Å². The first-order valence-electron chi connectivity index (χ1n) is 8.33. The van der Waals surface area contributed by atoms with Crippen molar-refractivity contribution in [2.24, 2.45) is 0 Å². The van der Waals surface area contributed by atoms with E-state index in [2.05, 4.69) is 20.4 Å². The fraction of sp³-hybridized carbons (Fsp3) is 0.222. The summed E-state index contributed by atoms with van der Waals surface area (Å²) in [6.45, 7) is 1.36. The molecule has 11 heteroatoms. The third kappa shape index (κ3) is 5.23. The molecule has 3 rings (SSSR count). The minimum absolute atomic E-state index is 0.104. The van der Waals surface area contributed by atoms with E-state index in [0.29, 0.717) is 11.8 Å². The maximum absolute atomic E-state index is 13.1. The summed E-state index contributed by atoms with van der Waals surface area (Å²) in [5.41, 5.74) is 0.291. The molecule has 152 valence electrons. The molecule has 0 radical (unpaired) electrons. The first-order valence-corrected chi connectivity index (χ1v) is 8.71. The van der Waals surface area contributed by atoms with Crippen LogP contribution in [-0.2, 0) is 17.5 Å². The molecule has 3 aromatic rings. The van der Waals surface area contributed by atoms with Crippen LogP contribution in [0.15, 0.2) is 42.7 Å². The van der Waals surface area contributed by atoms with Crippen molar-refractivity contribution in [3.05, 3.63) is 64.8 Å². The van der Waals surface area contributed by atoms with Gasteiger partial charge < -0.3 is 10.1 Å². The number of aromatic nitrogens is 4. The maximum Gasteiger partial charge on any atom is 0.435 e. The van der Waals surface area contributed by atoms with Crippen molar-refractivity contribution >= 4 is 17.5 Å². The van der Waals surface area contributed by atoms with Crippen molar-refractivity contribution in [1.29, 1.82) is 0 Å². The quantitative estimate of drug-likeness (QED) is 0.655. The second-order valence-electron chi connectivity index (χ2n) is 5.94. The topological polar surface area (TPSA) is 81.9 Å². The number of hydrogen-bond donors (Lipinski definition) is 1. The molecule has 0 aliphatic rings. The number of hydrogen-bond acceptors (Lipinski definition) is 5. The fourth-order valence-corrected chi connectivity index (χ4v) is 2.51. The number of nitrogens with one attached hydrogen (secondary N) is 1. The number of ether oxygens (including phenoxy) is 1. The first-order chi connectivity index (χ1) is 13.7. The van der Waals surface area contributed by atoms with Crippen LogP contribution in [0.3, 0.4) is 0 Å². The number of para-hydroxylation sites is 1. The van der Waals surface area contributed by atoms with E-state index in [1.165, 1.54) is 18.3 Å². The van der Waals surface area contributed by atoms with Gasteiger partial charge in [-0.2, -0.15) is 23.0 Å². The van der Waals surface area contributed by atoms with Gasteiger partial charge in [0.15, 0.2) is 12.3 Å². The van der Waals surface area contributed by atoms with E-state index < -0.39 is 24.4 Å². The smallest absolute Gasteiger partial charge is 0.435 e. The van der Waals surface area contributed by atoms with E-state index in [4.69, 9.17) is 16.3 Å². The number of amides is 1. The highest BCUT2D eigenvalue weighted by atomic mass is 35.5. The Hall–Kier alpha value is -3.14. The molecule has 1 aromatic carbocycles. The van der Waals surface area contributed by atoms with E-state index in [-0.39, 0.29) is 23.1 Å². The number of carbonyl (C=O) groups is 1. The first kappa shape index (κ1) is 20.6. The van der Waals surface area contributed by atoms with E-state index in [1.807, 2.05) is 0 Å². The molecule has 0 aliphatic heterocycles. The Morgan fingerprint density at radius 2 is 2.00 bits per heavy atom. The van der Waals surface area contributed by atoms with Crippen LogP contribution >= 0.6 is 11.6 Å². The van der Waals surface area contributed by atoms with Gasteiger partial charge >= 0.3 is 6.18 Å². The van der Waals surface area contributed by atoms with Crippen LogP contribution in [0.5, 0.6) is 5.88 Å². The molecule has 1 amide bonds. The summed E-state index contributed by atoms with van der Waals surface area (Å²) in [5.74, 6) is -0.816. The molecule has 0 saturated heterocycles. The van der Waals surface area contributed by atoms with Gasteiger partial charge in [-0.15, -0.1) is 0 Å². The minimum Gasteiger partial charge on any atom is -0.467 e. The number of alkyl halides is 3. The lowest BCUT2D eigenvalue weighted by Gasteiger charge is -2.10. The minimum atomic E-state index is -4.68. The summed E-state index contributed by atoms with van der Waals surface area (Å²) < 4.78 is 45.4. The van der Waals surface area contributed by atoms with Crippen molar-refractivity contribution in [3.63, 3.8) is 0 Å². The zero-order chi connectivity index (χ0) is 21.0. The highest BCUT2D eigenvalue weighted by Crippen LogP contribution is 2.33. The Morgan fingerprint density at radius 3 is 2.66 bits per heavy atom. The van der Waals surface area contributed by atoms with Crippen LogP contribution in [0.4, 0.5) is 13.2 Å². The highest BCUT2D eigenvalue weighted by Gasteiger charge is 2.36. The predicted molar refractivity (Wildman–Crippen MR) is 97.7 cm³/mol. The molecule has 7 nitrogen and oxygen atoms in total. The third-order valence-corrected chi connectivity index (χ3v) is 4.02.